The predicted molar refractivity (Wildman–Crippen MR) is 84.8 cm³/mol. The molecular formula is C17H21NS. The van der Waals surface area contributed by atoms with Crippen molar-refractivity contribution in [2.45, 2.75) is 31.2 Å². The molecule has 0 saturated heterocycles. The zero-order valence-corrected chi connectivity index (χ0v) is 12.6. The normalized spacial score (nSPS) is 12.4. The van der Waals surface area contributed by atoms with Gasteiger partial charge in [0, 0.05) is 10.9 Å². The molecule has 0 radical (unpaired) electrons. The highest BCUT2D eigenvalue weighted by Crippen LogP contribution is 2.28. The molecule has 2 aromatic rings. The molecule has 2 N–H and O–H groups in total. The molecule has 1 unspecified atom stereocenters. The number of rotatable bonds is 4. The van der Waals surface area contributed by atoms with Crippen LogP contribution in [0, 0.1) is 13.8 Å². The standard InChI is InChI=1S/C17H21NS/c1-12-7-6-8-13(2)15(12)11-16(18)14-9-4-5-10-17(14)19-3/h4-10,16H,11,18H2,1-3H3. The van der Waals surface area contributed by atoms with Gasteiger partial charge in [0.2, 0.25) is 0 Å². The molecule has 100 valence electrons. The number of hydrogen-bond acceptors (Lipinski definition) is 2. The van der Waals surface area contributed by atoms with Crippen LogP contribution in [0.2, 0.25) is 0 Å². The molecule has 1 nitrogen and oxygen atoms in total. The molecule has 0 aliphatic carbocycles. The molecule has 2 rings (SSSR count). The molecule has 0 heterocycles. The Labute approximate surface area is 120 Å². The fraction of sp³-hybridized carbons (Fsp3) is 0.294. The van der Waals surface area contributed by atoms with Crippen molar-refractivity contribution in [2.75, 3.05) is 6.26 Å². The third-order valence-corrected chi connectivity index (χ3v) is 4.42. The van der Waals surface area contributed by atoms with E-state index in [1.165, 1.54) is 27.1 Å². The van der Waals surface area contributed by atoms with Gasteiger partial charge in [0.1, 0.15) is 0 Å². The SMILES string of the molecule is CSc1ccccc1C(N)Cc1c(C)cccc1C. The van der Waals surface area contributed by atoms with Crippen LogP contribution in [0.4, 0.5) is 0 Å². The van der Waals surface area contributed by atoms with Crippen LogP contribution in [0.25, 0.3) is 0 Å². The second kappa shape index (κ2) is 6.27. The van der Waals surface area contributed by atoms with E-state index in [0.717, 1.165) is 6.42 Å². The van der Waals surface area contributed by atoms with Crippen LogP contribution in [0.3, 0.4) is 0 Å². The highest BCUT2D eigenvalue weighted by atomic mass is 32.2. The van der Waals surface area contributed by atoms with Crippen LogP contribution in [-0.2, 0) is 6.42 Å². The number of benzene rings is 2. The number of aryl methyl sites for hydroxylation is 2. The molecule has 2 aromatic carbocycles. The molecule has 0 aliphatic rings. The molecule has 0 amide bonds. The molecule has 19 heavy (non-hydrogen) atoms. The van der Waals surface area contributed by atoms with Gasteiger partial charge in [-0.15, -0.1) is 11.8 Å². The van der Waals surface area contributed by atoms with Gasteiger partial charge >= 0.3 is 0 Å². The van der Waals surface area contributed by atoms with E-state index < -0.39 is 0 Å². The number of thioether (sulfide) groups is 1. The molecule has 0 aromatic heterocycles. The van der Waals surface area contributed by atoms with Crippen molar-refractivity contribution in [1.82, 2.24) is 0 Å². The first kappa shape index (κ1) is 14.2. The Hall–Kier alpha value is -1.25. The highest BCUT2D eigenvalue weighted by Gasteiger charge is 2.13. The Morgan fingerprint density at radius 2 is 1.63 bits per heavy atom. The van der Waals surface area contributed by atoms with Gasteiger partial charge in [-0.3, -0.25) is 0 Å². The monoisotopic (exact) mass is 271 g/mol. The molecule has 0 aliphatic heterocycles. The fourth-order valence-electron chi connectivity index (χ4n) is 2.47. The lowest BCUT2D eigenvalue weighted by atomic mass is 9.93. The first-order chi connectivity index (χ1) is 9.13. The average molecular weight is 271 g/mol. The zero-order valence-electron chi connectivity index (χ0n) is 11.8. The Balaban J connectivity index is 2.28. The lowest BCUT2D eigenvalue weighted by Crippen LogP contribution is -2.15. The number of hydrogen-bond donors (Lipinski definition) is 1. The van der Waals surface area contributed by atoms with Crippen LogP contribution < -0.4 is 5.73 Å². The third-order valence-electron chi connectivity index (χ3n) is 3.61. The van der Waals surface area contributed by atoms with Crippen molar-refractivity contribution in [1.29, 1.82) is 0 Å². The summed E-state index contributed by atoms with van der Waals surface area (Å²) in [7, 11) is 0. The zero-order chi connectivity index (χ0) is 13.8. The summed E-state index contributed by atoms with van der Waals surface area (Å²) in [5.74, 6) is 0. The lowest BCUT2D eigenvalue weighted by Gasteiger charge is -2.18. The van der Waals surface area contributed by atoms with E-state index in [9.17, 15) is 0 Å². The Morgan fingerprint density at radius 1 is 1.00 bits per heavy atom. The van der Waals surface area contributed by atoms with Gasteiger partial charge in [0.05, 0.1) is 0 Å². The Bertz CT molecular complexity index is 543. The smallest absolute Gasteiger partial charge is 0.0347 e. The van der Waals surface area contributed by atoms with E-state index in [2.05, 4.69) is 62.6 Å². The molecule has 0 spiro atoms. The topological polar surface area (TPSA) is 26.0 Å². The summed E-state index contributed by atoms with van der Waals surface area (Å²) in [4.78, 5) is 1.28. The Morgan fingerprint density at radius 3 is 2.26 bits per heavy atom. The van der Waals surface area contributed by atoms with Gasteiger partial charge in [0.25, 0.3) is 0 Å². The van der Waals surface area contributed by atoms with Crippen molar-refractivity contribution >= 4 is 11.8 Å². The van der Waals surface area contributed by atoms with Gasteiger partial charge in [-0.05, 0) is 54.8 Å². The van der Waals surface area contributed by atoms with Crippen molar-refractivity contribution < 1.29 is 0 Å². The van der Waals surface area contributed by atoms with Gasteiger partial charge in [-0.2, -0.15) is 0 Å². The van der Waals surface area contributed by atoms with Crippen LogP contribution in [0.15, 0.2) is 47.4 Å². The average Bonchev–Trinajstić information content (AvgIpc) is 2.42. The molecule has 2 heteroatoms. The summed E-state index contributed by atoms with van der Waals surface area (Å²) in [5, 5.41) is 0. The maximum absolute atomic E-state index is 6.43. The summed E-state index contributed by atoms with van der Waals surface area (Å²) >= 11 is 1.76. The molecule has 0 fully saturated rings. The largest absolute Gasteiger partial charge is 0.324 e. The quantitative estimate of drug-likeness (QED) is 0.840. The first-order valence-corrected chi connectivity index (χ1v) is 7.79. The first-order valence-electron chi connectivity index (χ1n) is 6.57. The summed E-state index contributed by atoms with van der Waals surface area (Å²) < 4.78 is 0. The summed E-state index contributed by atoms with van der Waals surface area (Å²) in [6.07, 6.45) is 3.00. The fourth-order valence-corrected chi connectivity index (χ4v) is 3.14. The maximum Gasteiger partial charge on any atom is 0.0347 e. The van der Waals surface area contributed by atoms with Crippen molar-refractivity contribution in [2.24, 2.45) is 5.73 Å². The van der Waals surface area contributed by atoms with Gasteiger partial charge < -0.3 is 5.73 Å². The predicted octanol–water partition coefficient (Wildman–Crippen LogP) is 4.27. The maximum atomic E-state index is 6.43. The van der Waals surface area contributed by atoms with E-state index in [1.807, 2.05) is 0 Å². The van der Waals surface area contributed by atoms with E-state index in [0.29, 0.717) is 0 Å². The van der Waals surface area contributed by atoms with Gasteiger partial charge in [-0.1, -0.05) is 36.4 Å². The molecular weight excluding hydrogens is 250 g/mol. The van der Waals surface area contributed by atoms with E-state index in [-0.39, 0.29) is 6.04 Å². The lowest BCUT2D eigenvalue weighted by molar-refractivity contribution is 0.702. The van der Waals surface area contributed by atoms with Crippen molar-refractivity contribution in [3.05, 3.63) is 64.7 Å². The molecule has 0 saturated carbocycles. The minimum Gasteiger partial charge on any atom is -0.324 e. The molecule has 1 atom stereocenters. The minimum absolute atomic E-state index is 0.0588. The minimum atomic E-state index is 0.0588. The van der Waals surface area contributed by atoms with Gasteiger partial charge in [0.15, 0.2) is 0 Å². The second-order valence-electron chi connectivity index (χ2n) is 4.92. The van der Waals surface area contributed by atoms with Crippen LogP contribution >= 0.6 is 11.8 Å². The second-order valence-corrected chi connectivity index (χ2v) is 5.77. The van der Waals surface area contributed by atoms with E-state index in [4.69, 9.17) is 5.73 Å². The van der Waals surface area contributed by atoms with E-state index >= 15 is 0 Å². The van der Waals surface area contributed by atoms with Crippen molar-refractivity contribution in [3.8, 4) is 0 Å². The van der Waals surface area contributed by atoms with E-state index in [1.54, 1.807) is 11.8 Å². The summed E-state index contributed by atoms with van der Waals surface area (Å²) in [6.45, 7) is 4.32. The highest BCUT2D eigenvalue weighted by molar-refractivity contribution is 7.98. The van der Waals surface area contributed by atoms with Gasteiger partial charge in [-0.25, -0.2) is 0 Å². The molecule has 0 bridgehead atoms. The van der Waals surface area contributed by atoms with Crippen molar-refractivity contribution in [3.63, 3.8) is 0 Å². The summed E-state index contributed by atoms with van der Waals surface area (Å²) in [6, 6.07) is 14.9. The van der Waals surface area contributed by atoms with Crippen LogP contribution in [0.1, 0.15) is 28.3 Å². The third kappa shape index (κ3) is 3.20. The Kier molecular flexibility index (Phi) is 4.67. The number of nitrogens with two attached hydrogens (primary N) is 1. The van der Waals surface area contributed by atoms with Crippen LogP contribution in [0.5, 0.6) is 0 Å². The summed E-state index contributed by atoms with van der Waals surface area (Å²) in [5.41, 5.74) is 11.7. The van der Waals surface area contributed by atoms with Crippen LogP contribution in [-0.4, -0.2) is 6.26 Å².